The van der Waals surface area contributed by atoms with E-state index < -0.39 is 11.4 Å². The minimum atomic E-state index is -0.972. The Morgan fingerprint density at radius 2 is 1.75 bits per heavy atom. The van der Waals surface area contributed by atoms with Crippen molar-refractivity contribution in [1.82, 2.24) is 0 Å². The summed E-state index contributed by atoms with van der Waals surface area (Å²) in [7, 11) is 0. The average Bonchev–Trinajstić information content (AvgIpc) is 2.80. The number of hydrogen-bond acceptors (Lipinski definition) is 4. The van der Waals surface area contributed by atoms with Gasteiger partial charge in [0.2, 0.25) is 0 Å². The first-order valence-corrected chi connectivity index (χ1v) is 11.0. The minimum absolute atomic E-state index is 0.0447. The lowest BCUT2D eigenvalue weighted by atomic mass is 9.74. The van der Waals surface area contributed by atoms with Crippen LogP contribution in [0.25, 0.3) is 10.8 Å². The van der Waals surface area contributed by atoms with Gasteiger partial charge in [0.15, 0.2) is 0 Å². The van der Waals surface area contributed by atoms with E-state index in [1.807, 2.05) is 44.2 Å². The normalized spacial score (nSPS) is 20.6. The summed E-state index contributed by atoms with van der Waals surface area (Å²) in [5, 5.41) is 11.5. The van der Waals surface area contributed by atoms with Gasteiger partial charge in [0.05, 0.1) is 17.1 Å². The SMILES string of the molecule is Cc1ccc(C(=O)O)cc1O[C@H]1CC[C@@](C)(C(=O)OCc2cccc3ccccc23)CC1. The number of aryl methyl sites for hydroxylation is 1. The highest BCUT2D eigenvalue weighted by Crippen LogP contribution is 2.39. The molecule has 166 valence electrons. The van der Waals surface area contributed by atoms with Crippen LogP contribution in [0.1, 0.15) is 54.1 Å². The molecular weight excluding hydrogens is 404 g/mol. The molecule has 0 aliphatic heterocycles. The predicted molar refractivity (Wildman–Crippen MR) is 123 cm³/mol. The molecule has 1 saturated carbocycles. The summed E-state index contributed by atoms with van der Waals surface area (Å²) in [6.45, 7) is 4.13. The van der Waals surface area contributed by atoms with Crippen molar-refractivity contribution in [3.8, 4) is 5.75 Å². The Kier molecular flexibility index (Phi) is 6.17. The maximum atomic E-state index is 12.9. The molecule has 1 aliphatic rings. The summed E-state index contributed by atoms with van der Waals surface area (Å²) in [4.78, 5) is 24.2. The second-order valence-corrected chi connectivity index (χ2v) is 8.88. The van der Waals surface area contributed by atoms with Gasteiger partial charge in [-0.1, -0.05) is 48.5 Å². The number of fused-ring (bicyclic) bond motifs is 1. The zero-order chi connectivity index (χ0) is 22.7. The van der Waals surface area contributed by atoms with Crippen LogP contribution in [0.4, 0.5) is 0 Å². The summed E-state index contributed by atoms with van der Waals surface area (Å²) < 4.78 is 11.9. The topological polar surface area (TPSA) is 72.8 Å². The third-order valence-corrected chi connectivity index (χ3v) is 6.50. The van der Waals surface area contributed by atoms with Crippen LogP contribution in [0.2, 0.25) is 0 Å². The number of benzene rings is 3. The molecule has 1 aliphatic carbocycles. The number of rotatable bonds is 6. The van der Waals surface area contributed by atoms with Gasteiger partial charge in [0.25, 0.3) is 0 Å². The zero-order valence-corrected chi connectivity index (χ0v) is 18.5. The highest BCUT2D eigenvalue weighted by molar-refractivity contribution is 5.88. The van der Waals surface area contributed by atoms with E-state index in [2.05, 4.69) is 12.1 Å². The molecule has 0 aromatic heterocycles. The Labute approximate surface area is 188 Å². The first-order chi connectivity index (χ1) is 15.4. The van der Waals surface area contributed by atoms with Crippen molar-refractivity contribution in [1.29, 1.82) is 0 Å². The maximum absolute atomic E-state index is 12.9. The first-order valence-electron chi connectivity index (χ1n) is 11.0. The highest BCUT2D eigenvalue weighted by Gasteiger charge is 2.39. The second-order valence-electron chi connectivity index (χ2n) is 8.88. The van der Waals surface area contributed by atoms with Crippen molar-refractivity contribution in [2.24, 2.45) is 5.41 Å². The van der Waals surface area contributed by atoms with E-state index in [1.165, 1.54) is 0 Å². The lowest BCUT2D eigenvalue weighted by Crippen LogP contribution is -2.37. The van der Waals surface area contributed by atoms with E-state index in [1.54, 1.807) is 18.2 Å². The van der Waals surface area contributed by atoms with Gasteiger partial charge in [0, 0.05) is 0 Å². The van der Waals surface area contributed by atoms with E-state index in [9.17, 15) is 14.7 Å². The second kappa shape index (κ2) is 9.03. The molecule has 1 fully saturated rings. The molecule has 3 aromatic rings. The summed E-state index contributed by atoms with van der Waals surface area (Å²) in [5.41, 5.74) is 1.58. The van der Waals surface area contributed by atoms with E-state index >= 15 is 0 Å². The van der Waals surface area contributed by atoms with Crippen LogP contribution >= 0.6 is 0 Å². The van der Waals surface area contributed by atoms with Gasteiger partial charge >= 0.3 is 11.9 Å². The number of carbonyl (C=O) groups excluding carboxylic acids is 1. The number of carboxylic acid groups (broad SMARTS) is 1. The Morgan fingerprint density at radius 3 is 2.50 bits per heavy atom. The van der Waals surface area contributed by atoms with Crippen LogP contribution in [-0.2, 0) is 16.1 Å². The van der Waals surface area contributed by atoms with Gasteiger partial charge in [-0.05, 0) is 73.6 Å². The molecule has 0 amide bonds. The van der Waals surface area contributed by atoms with Crippen molar-refractivity contribution in [3.05, 3.63) is 77.4 Å². The largest absolute Gasteiger partial charge is 0.490 e. The summed E-state index contributed by atoms with van der Waals surface area (Å²) in [6.07, 6.45) is 2.73. The van der Waals surface area contributed by atoms with Gasteiger partial charge < -0.3 is 14.6 Å². The summed E-state index contributed by atoms with van der Waals surface area (Å²) >= 11 is 0. The molecule has 0 saturated heterocycles. The van der Waals surface area contributed by atoms with Crippen molar-refractivity contribution >= 4 is 22.7 Å². The summed E-state index contributed by atoms with van der Waals surface area (Å²) in [6, 6.07) is 19.0. The van der Waals surface area contributed by atoms with Crippen molar-refractivity contribution < 1.29 is 24.2 Å². The zero-order valence-electron chi connectivity index (χ0n) is 18.5. The van der Waals surface area contributed by atoms with Gasteiger partial charge in [0.1, 0.15) is 12.4 Å². The van der Waals surface area contributed by atoms with Crippen LogP contribution in [0.15, 0.2) is 60.7 Å². The highest BCUT2D eigenvalue weighted by atomic mass is 16.5. The van der Waals surface area contributed by atoms with Crippen molar-refractivity contribution in [2.75, 3.05) is 0 Å². The Hall–Kier alpha value is -3.34. The van der Waals surface area contributed by atoms with E-state index in [0.29, 0.717) is 18.6 Å². The van der Waals surface area contributed by atoms with Crippen LogP contribution in [0, 0.1) is 12.3 Å². The van der Waals surface area contributed by atoms with Gasteiger partial charge in [-0.2, -0.15) is 0 Å². The molecule has 1 N–H and O–H groups in total. The third-order valence-electron chi connectivity index (χ3n) is 6.50. The first kappa shape index (κ1) is 21.9. The third kappa shape index (κ3) is 4.62. The number of carboxylic acids is 1. The lowest BCUT2D eigenvalue weighted by molar-refractivity contribution is -0.159. The standard InChI is InChI=1S/C27H28O5/c1-18-10-11-20(25(28)29)16-24(18)32-22-12-14-27(2,15-13-22)26(30)31-17-21-8-5-7-19-6-3-4-9-23(19)21/h3-11,16,22H,12-15,17H2,1-2H3,(H,28,29)/t22-,27+. The number of ether oxygens (including phenoxy) is 2. The molecule has 0 spiro atoms. The predicted octanol–water partition coefficient (Wildman–Crippen LogP) is 5.92. The van der Waals surface area contributed by atoms with Gasteiger partial charge in [-0.3, -0.25) is 4.79 Å². The maximum Gasteiger partial charge on any atom is 0.335 e. The number of hydrogen-bond donors (Lipinski definition) is 1. The Morgan fingerprint density at radius 1 is 1.03 bits per heavy atom. The average molecular weight is 433 g/mol. The van der Waals surface area contributed by atoms with Crippen LogP contribution in [0.3, 0.4) is 0 Å². The molecule has 3 aromatic carbocycles. The minimum Gasteiger partial charge on any atom is -0.490 e. The van der Waals surface area contributed by atoms with Crippen molar-refractivity contribution in [3.63, 3.8) is 0 Å². The number of aromatic carboxylic acids is 1. The molecule has 0 unspecified atom stereocenters. The van der Waals surface area contributed by atoms with E-state index in [0.717, 1.165) is 34.7 Å². The Balaban J connectivity index is 1.36. The molecule has 32 heavy (non-hydrogen) atoms. The van der Waals surface area contributed by atoms with Crippen LogP contribution < -0.4 is 4.74 Å². The Bertz CT molecular complexity index is 1140. The number of esters is 1. The quantitative estimate of drug-likeness (QED) is 0.490. The smallest absolute Gasteiger partial charge is 0.335 e. The lowest BCUT2D eigenvalue weighted by Gasteiger charge is -2.35. The molecular formula is C27H28O5. The number of carbonyl (C=O) groups is 2. The van der Waals surface area contributed by atoms with Crippen molar-refractivity contribution in [2.45, 2.75) is 52.2 Å². The van der Waals surface area contributed by atoms with Gasteiger partial charge in [-0.25, -0.2) is 4.79 Å². The fraction of sp³-hybridized carbons (Fsp3) is 0.333. The molecule has 4 rings (SSSR count). The molecule has 5 nitrogen and oxygen atoms in total. The van der Waals surface area contributed by atoms with Crippen LogP contribution in [0.5, 0.6) is 5.75 Å². The van der Waals surface area contributed by atoms with E-state index in [4.69, 9.17) is 9.47 Å². The molecule has 5 heteroatoms. The monoisotopic (exact) mass is 432 g/mol. The fourth-order valence-electron chi connectivity index (χ4n) is 4.33. The van der Waals surface area contributed by atoms with E-state index in [-0.39, 0.29) is 24.2 Å². The molecule has 0 bridgehead atoms. The molecule has 0 heterocycles. The van der Waals surface area contributed by atoms with Gasteiger partial charge in [-0.15, -0.1) is 0 Å². The molecule has 0 radical (unpaired) electrons. The molecule has 0 atom stereocenters. The fourth-order valence-corrected chi connectivity index (χ4v) is 4.33. The summed E-state index contributed by atoms with van der Waals surface area (Å²) in [5.74, 6) is -0.551. The van der Waals surface area contributed by atoms with Crippen LogP contribution in [-0.4, -0.2) is 23.1 Å².